The highest BCUT2D eigenvalue weighted by Gasteiger charge is 2.14. The van der Waals surface area contributed by atoms with Crippen LogP contribution < -0.4 is 0 Å². The maximum Gasteiger partial charge on any atom is 0.137 e. The smallest absolute Gasteiger partial charge is 0.137 e. The van der Waals surface area contributed by atoms with Crippen molar-refractivity contribution in [1.82, 2.24) is 0 Å². The minimum Gasteiger partial charge on any atom is -0.384 e. The van der Waals surface area contributed by atoms with Crippen molar-refractivity contribution in [3.05, 3.63) is 68.9 Å². The van der Waals surface area contributed by atoms with E-state index in [0.717, 1.165) is 16.7 Å². The molecule has 0 fully saturated rings. The summed E-state index contributed by atoms with van der Waals surface area (Å²) < 4.78 is 13.5. The molecule has 1 N–H and O–H groups in total. The second-order valence-corrected chi connectivity index (χ2v) is 5.22. The van der Waals surface area contributed by atoms with E-state index in [1.54, 1.807) is 12.1 Å². The van der Waals surface area contributed by atoms with E-state index < -0.39 is 6.10 Å². The summed E-state index contributed by atoms with van der Waals surface area (Å²) in [6.07, 6.45) is -0.734. The van der Waals surface area contributed by atoms with Crippen molar-refractivity contribution in [1.29, 1.82) is 0 Å². The molecular weight excluding hydrogens is 295 g/mol. The summed E-state index contributed by atoms with van der Waals surface area (Å²) in [6, 6.07) is 10.4. The molecule has 1 nitrogen and oxygen atoms in total. The van der Waals surface area contributed by atoms with Crippen LogP contribution in [0.3, 0.4) is 0 Å². The van der Waals surface area contributed by atoms with E-state index >= 15 is 0 Å². The van der Waals surface area contributed by atoms with Crippen molar-refractivity contribution >= 4 is 15.9 Å². The largest absolute Gasteiger partial charge is 0.384 e. The third-order valence-electron chi connectivity index (χ3n) is 3.20. The molecule has 2 rings (SSSR count). The molecule has 0 heterocycles. The third-order valence-corrected chi connectivity index (χ3v) is 3.81. The topological polar surface area (TPSA) is 20.2 Å². The van der Waals surface area contributed by atoms with Gasteiger partial charge in [-0.25, -0.2) is 4.39 Å². The summed E-state index contributed by atoms with van der Waals surface area (Å²) in [5, 5.41) is 10.4. The second kappa shape index (κ2) is 5.21. The normalized spacial score (nSPS) is 12.5. The molecule has 1 unspecified atom stereocenters. The van der Waals surface area contributed by atoms with E-state index in [9.17, 15) is 9.50 Å². The molecule has 3 heteroatoms. The molecule has 1 atom stereocenters. The molecule has 2 aromatic carbocycles. The Hall–Kier alpha value is -1.19. The minimum atomic E-state index is -0.734. The Balaban J connectivity index is 2.44. The van der Waals surface area contributed by atoms with Gasteiger partial charge in [0.25, 0.3) is 0 Å². The Morgan fingerprint density at radius 2 is 1.89 bits per heavy atom. The third kappa shape index (κ3) is 2.47. The first-order valence-corrected chi connectivity index (χ1v) is 6.49. The molecule has 0 aliphatic rings. The van der Waals surface area contributed by atoms with Crippen molar-refractivity contribution in [2.24, 2.45) is 0 Å². The standard InChI is InChI=1S/C15H14BrFO/c1-9-4-3-5-12(10(9)2)15(18)11-6-7-14(17)13(16)8-11/h3-8,15,18H,1-2H3. The van der Waals surface area contributed by atoms with Gasteiger partial charge in [-0.15, -0.1) is 0 Å². The SMILES string of the molecule is Cc1cccc(C(O)c2ccc(F)c(Br)c2)c1C. The van der Waals surface area contributed by atoms with Gasteiger partial charge in [-0.05, 0) is 64.2 Å². The van der Waals surface area contributed by atoms with Crippen LogP contribution in [0, 0.1) is 19.7 Å². The van der Waals surface area contributed by atoms with Gasteiger partial charge in [-0.1, -0.05) is 24.3 Å². The maximum atomic E-state index is 13.2. The van der Waals surface area contributed by atoms with Gasteiger partial charge in [0, 0.05) is 0 Å². The number of hydrogen-bond donors (Lipinski definition) is 1. The van der Waals surface area contributed by atoms with Crippen LogP contribution >= 0.6 is 15.9 Å². The number of rotatable bonds is 2. The van der Waals surface area contributed by atoms with E-state index in [2.05, 4.69) is 15.9 Å². The van der Waals surface area contributed by atoms with Crippen molar-refractivity contribution in [2.75, 3.05) is 0 Å². The number of aliphatic hydroxyl groups excluding tert-OH is 1. The van der Waals surface area contributed by atoms with Crippen molar-refractivity contribution in [2.45, 2.75) is 20.0 Å². The summed E-state index contributed by atoms with van der Waals surface area (Å²) in [5.41, 5.74) is 3.73. The second-order valence-electron chi connectivity index (χ2n) is 4.37. The van der Waals surface area contributed by atoms with Crippen LogP contribution in [0.15, 0.2) is 40.9 Å². The van der Waals surface area contributed by atoms with E-state index in [1.807, 2.05) is 32.0 Å². The highest BCUT2D eigenvalue weighted by molar-refractivity contribution is 9.10. The molecule has 0 spiro atoms. The molecule has 0 saturated heterocycles. The van der Waals surface area contributed by atoms with Gasteiger partial charge in [0.05, 0.1) is 4.47 Å². The van der Waals surface area contributed by atoms with Crippen molar-refractivity contribution in [3.8, 4) is 0 Å². The molecule has 18 heavy (non-hydrogen) atoms. The van der Waals surface area contributed by atoms with Crippen LogP contribution in [0.1, 0.15) is 28.4 Å². The Morgan fingerprint density at radius 3 is 2.56 bits per heavy atom. The molecule has 94 valence electrons. The summed E-state index contributed by atoms with van der Waals surface area (Å²) in [5.74, 6) is -0.327. The van der Waals surface area contributed by atoms with Crippen LogP contribution in [-0.4, -0.2) is 5.11 Å². The Labute approximate surface area is 114 Å². The van der Waals surface area contributed by atoms with Crippen molar-refractivity contribution < 1.29 is 9.50 Å². The lowest BCUT2D eigenvalue weighted by Gasteiger charge is -2.16. The van der Waals surface area contributed by atoms with Gasteiger partial charge in [0.2, 0.25) is 0 Å². The molecule has 0 aliphatic heterocycles. The Morgan fingerprint density at radius 1 is 1.17 bits per heavy atom. The lowest BCUT2D eigenvalue weighted by molar-refractivity contribution is 0.219. The van der Waals surface area contributed by atoms with Gasteiger partial charge >= 0.3 is 0 Å². The zero-order valence-electron chi connectivity index (χ0n) is 10.2. The molecule has 0 aromatic heterocycles. The van der Waals surface area contributed by atoms with Crippen molar-refractivity contribution in [3.63, 3.8) is 0 Å². The van der Waals surface area contributed by atoms with E-state index in [1.165, 1.54) is 6.07 Å². The highest BCUT2D eigenvalue weighted by atomic mass is 79.9. The molecular formula is C15H14BrFO. The molecule has 0 aliphatic carbocycles. The predicted octanol–water partition coefficient (Wildman–Crippen LogP) is 4.29. The highest BCUT2D eigenvalue weighted by Crippen LogP contribution is 2.28. The number of hydrogen-bond acceptors (Lipinski definition) is 1. The molecule has 0 saturated carbocycles. The number of aryl methyl sites for hydroxylation is 1. The van der Waals surface area contributed by atoms with Crippen LogP contribution in [0.2, 0.25) is 0 Å². The summed E-state index contributed by atoms with van der Waals surface area (Å²) in [6.45, 7) is 3.98. The zero-order chi connectivity index (χ0) is 13.3. The van der Waals surface area contributed by atoms with Gasteiger partial charge in [-0.3, -0.25) is 0 Å². The summed E-state index contributed by atoms with van der Waals surface area (Å²) in [7, 11) is 0. The van der Waals surface area contributed by atoms with E-state index in [4.69, 9.17) is 0 Å². The number of benzene rings is 2. The van der Waals surface area contributed by atoms with E-state index in [0.29, 0.717) is 10.0 Å². The van der Waals surface area contributed by atoms with Crippen LogP contribution in [0.5, 0.6) is 0 Å². The van der Waals surface area contributed by atoms with Crippen LogP contribution in [0.25, 0.3) is 0 Å². The van der Waals surface area contributed by atoms with Gasteiger partial charge in [0.1, 0.15) is 11.9 Å². The fraction of sp³-hybridized carbons (Fsp3) is 0.200. The maximum absolute atomic E-state index is 13.2. The average Bonchev–Trinajstić information content (AvgIpc) is 2.35. The van der Waals surface area contributed by atoms with Crippen LogP contribution in [-0.2, 0) is 0 Å². The molecule has 2 aromatic rings. The Bertz CT molecular complexity index is 581. The van der Waals surface area contributed by atoms with Gasteiger partial charge in [-0.2, -0.15) is 0 Å². The number of halogens is 2. The van der Waals surface area contributed by atoms with Crippen LogP contribution in [0.4, 0.5) is 4.39 Å². The monoisotopic (exact) mass is 308 g/mol. The lowest BCUT2D eigenvalue weighted by atomic mass is 9.95. The first-order valence-electron chi connectivity index (χ1n) is 5.70. The van der Waals surface area contributed by atoms with Gasteiger partial charge in [0.15, 0.2) is 0 Å². The van der Waals surface area contributed by atoms with Gasteiger partial charge < -0.3 is 5.11 Å². The molecule has 0 bridgehead atoms. The summed E-state index contributed by atoms with van der Waals surface area (Å²) >= 11 is 3.13. The fourth-order valence-corrected chi connectivity index (χ4v) is 2.33. The minimum absolute atomic E-state index is 0.327. The molecule has 0 amide bonds. The predicted molar refractivity (Wildman–Crippen MR) is 74.1 cm³/mol. The summed E-state index contributed by atoms with van der Waals surface area (Å²) in [4.78, 5) is 0. The Kier molecular flexibility index (Phi) is 3.83. The lowest BCUT2D eigenvalue weighted by Crippen LogP contribution is -2.03. The first kappa shape index (κ1) is 13.2. The fourth-order valence-electron chi connectivity index (χ4n) is 1.93. The quantitative estimate of drug-likeness (QED) is 0.877. The number of aliphatic hydroxyl groups is 1. The first-order chi connectivity index (χ1) is 8.50. The average molecular weight is 309 g/mol. The van der Waals surface area contributed by atoms with E-state index in [-0.39, 0.29) is 5.82 Å². The zero-order valence-corrected chi connectivity index (χ0v) is 11.8. The molecule has 0 radical (unpaired) electrons.